The number of unbranched alkanes of at least 4 members (excludes halogenated alkanes) is 4. The molecule has 5 nitrogen and oxygen atoms in total. The summed E-state index contributed by atoms with van der Waals surface area (Å²) in [7, 11) is 0. The zero-order valence-electron chi connectivity index (χ0n) is 11.4. The maximum atomic E-state index is 11.8. The predicted octanol–water partition coefficient (Wildman–Crippen LogP) is 4.38. The molecule has 0 spiro atoms. The Morgan fingerprint density at radius 3 is 2.65 bits per heavy atom. The summed E-state index contributed by atoms with van der Waals surface area (Å²) in [6.07, 6.45) is 5.24. The second kappa shape index (κ2) is 8.53. The topological polar surface area (TPSA) is 69.4 Å². The number of nitrogens with zero attached hydrogens (tertiary/aromatic N) is 1. The number of halogens is 1. The van der Waals surface area contributed by atoms with Gasteiger partial charge in [0.05, 0.1) is 17.1 Å². The van der Waals surface area contributed by atoms with Crippen LogP contribution in [0.3, 0.4) is 0 Å². The van der Waals surface area contributed by atoms with Gasteiger partial charge in [-0.3, -0.25) is 10.1 Å². The highest BCUT2D eigenvalue weighted by molar-refractivity contribution is 6.35. The molecule has 110 valence electrons. The Morgan fingerprint density at radius 2 is 2.00 bits per heavy atom. The Hall–Kier alpha value is -1.62. The van der Waals surface area contributed by atoms with Gasteiger partial charge in [-0.15, -0.1) is 0 Å². The zero-order valence-corrected chi connectivity index (χ0v) is 12.2. The van der Waals surface area contributed by atoms with Gasteiger partial charge < -0.3 is 4.74 Å². The minimum atomic E-state index is -0.621. The molecule has 0 bridgehead atoms. The number of esters is 1. The van der Waals surface area contributed by atoms with Crippen LogP contribution < -0.4 is 0 Å². The lowest BCUT2D eigenvalue weighted by Crippen LogP contribution is -2.08. The van der Waals surface area contributed by atoms with E-state index in [1.165, 1.54) is 24.6 Å². The number of hydrogen-bond acceptors (Lipinski definition) is 4. The molecule has 0 aliphatic rings. The van der Waals surface area contributed by atoms with Crippen molar-refractivity contribution in [2.75, 3.05) is 6.61 Å². The lowest BCUT2D eigenvalue weighted by molar-refractivity contribution is -0.384. The van der Waals surface area contributed by atoms with Crippen molar-refractivity contribution in [1.82, 2.24) is 0 Å². The predicted molar refractivity (Wildman–Crippen MR) is 77.1 cm³/mol. The highest BCUT2D eigenvalue weighted by Gasteiger charge is 2.20. The molecule has 1 aromatic carbocycles. The molecule has 0 radical (unpaired) electrons. The van der Waals surface area contributed by atoms with Gasteiger partial charge in [0, 0.05) is 6.07 Å². The minimum Gasteiger partial charge on any atom is -0.462 e. The molecule has 0 amide bonds. The van der Waals surface area contributed by atoms with Crippen molar-refractivity contribution in [3.63, 3.8) is 0 Å². The third-order valence-corrected chi connectivity index (χ3v) is 3.27. The van der Waals surface area contributed by atoms with Gasteiger partial charge in [-0.2, -0.15) is 0 Å². The molecule has 0 saturated carbocycles. The molecule has 6 heteroatoms. The van der Waals surface area contributed by atoms with Gasteiger partial charge in [0.2, 0.25) is 0 Å². The van der Waals surface area contributed by atoms with E-state index < -0.39 is 10.9 Å². The minimum absolute atomic E-state index is 0.0365. The van der Waals surface area contributed by atoms with Crippen molar-refractivity contribution in [2.24, 2.45) is 0 Å². The van der Waals surface area contributed by atoms with E-state index in [0.717, 1.165) is 25.7 Å². The molecule has 1 rings (SSSR count). The maximum absolute atomic E-state index is 11.8. The summed E-state index contributed by atoms with van der Waals surface area (Å²) >= 11 is 5.84. The number of nitro benzene ring substituents is 1. The van der Waals surface area contributed by atoms with Crippen LogP contribution in [-0.2, 0) is 4.74 Å². The molecule has 1 aromatic rings. The molecular weight excluding hydrogens is 282 g/mol. The fraction of sp³-hybridized carbons (Fsp3) is 0.500. The molecule has 0 atom stereocenters. The molecule has 0 aliphatic carbocycles. The van der Waals surface area contributed by atoms with E-state index in [4.69, 9.17) is 16.3 Å². The smallest absolute Gasteiger partial charge is 0.339 e. The summed E-state index contributed by atoms with van der Waals surface area (Å²) < 4.78 is 5.08. The summed E-state index contributed by atoms with van der Waals surface area (Å²) in [5.74, 6) is -0.616. The van der Waals surface area contributed by atoms with Crippen molar-refractivity contribution in [1.29, 1.82) is 0 Å². The van der Waals surface area contributed by atoms with Gasteiger partial charge in [0.15, 0.2) is 0 Å². The fourth-order valence-electron chi connectivity index (χ4n) is 1.77. The average molecular weight is 300 g/mol. The number of benzene rings is 1. The van der Waals surface area contributed by atoms with Gasteiger partial charge in [0.1, 0.15) is 5.02 Å². The SMILES string of the molecule is CCCCCCCOC(=O)c1cccc([N+](=O)[O-])c1Cl. The molecule has 0 heterocycles. The summed E-state index contributed by atoms with van der Waals surface area (Å²) in [5, 5.41) is 10.6. The number of rotatable bonds is 8. The van der Waals surface area contributed by atoms with Crippen molar-refractivity contribution in [3.05, 3.63) is 38.9 Å². The zero-order chi connectivity index (χ0) is 15.0. The summed E-state index contributed by atoms with van der Waals surface area (Å²) in [6.45, 7) is 2.44. The van der Waals surface area contributed by atoms with Crippen LogP contribution in [0.25, 0.3) is 0 Å². The molecule has 0 saturated heterocycles. The van der Waals surface area contributed by atoms with E-state index in [1.54, 1.807) is 0 Å². The first kappa shape index (κ1) is 16.4. The number of ether oxygens (including phenoxy) is 1. The lowest BCUT2D eigenvalue weighted by atomic mass is 10.1. The van der Waals surface area contributed by atoms with Gasteiger partial charge in [-0.1, -0.05) is 50.3 Å². The summed E-state index contributed by atoms with van der Waals surface area (Å²) in [4.78, 5) is 21.9. The number of carbonyl (C=O) groups is 1. The third kappa shape index (κ3) is 4.81. The van der Waals surface area contributed by atoms with Gasteiger partial charge >= 0.3 is 5.97 Å². The van der Waals surface area contributed by atoms with Crippen LogP contribution in [0.4, 0.5) is 5.69 Å². The van der Waals surface area contributed by atoms with E-state index >= 15 is 0 Å². The van der Waals surface area contributed by atoms with E-state index in [-0.39, 0.29) is 16.3 Å². The van der Waals surface area contributed by atoms with Crippen LogP contribution >= 0.6 is 11.6 Å². The Morgan fingerprint density at radius 1 is 1.30 bits per heavy atom. The fourth-order valence-corrected chi connectivity index (χ4v) is 2.04. The van der Waals surface area contributed by atoms with Crippen LogP contribution in [-0.4, -0.2) is 17.5 Å². The molecule has 20 heavy (non-hydrogen) atoms. The van der Waals surface area contributed by atoms with Gasteiger partial charge in [0.25, 0.3) is 5.69 Å². The Kier molecular flexibility index (Phi) is 7.01. The van der Waals surface area contributed by atoms with Crippen molar-refractivity contribution >= 4 is 23.3 Å². The van der Waals surface area contributed by atoms with Crippen LogP contribution in [0.2, 0.25) is 5.02 Å². The first-order valence-electron chi connectivity index (χ1n) is 6.68. The van der Waals surface area contributed by atoms with Crippen LogP contribution in [0, 0.1) is 10.1 Å². The first-order valence-corrected chi connectivity index (χ1v) is 7.05. The molecule has 0 fully saturated rings. The highest BCUT2D eigenvalue weighted by Crippen LogP contribution is 2.28. The molecule has 0 unspecified atom stereocenters. The van der Waals surface area contributed by atoms with Crippen molar-refractivity contribution in [2.45, 2.75) is 39.0 Å². The lowest BCUT2D eigenvalue weighted by Gasteiger charge is -2.06. The van der Waals surface area contributed by atoms with Gasteiger partial charge in [-0.05, 0) is 12.5 Å². The molecular formula is C14H18ClNO4. The normalized spacial score (nSPS) is 10.3. The Labute approximate surface area is 123 Å². The van der Waals surface area contributed by atoms with Crippen molar-refractivity contribution in [3.8, 4) is 0 Å². The number of carbonyl (C=O) groups excluding carboxylic acids is 1. The van der Waals surface area contributed by atoms with E-state index in [1.807, 2.05) is 0 Å². The first-order chi connectivity index (χ1) is 9.57. The molecule has 0 N–H and O–H groups in total. The van der Waals surface area contributed by atoms with Gasteiger partial charge in [-0.25, -0.2) is 4.79 Å². The third-order valence-electron chi connectivity index (χ3n) is 2.88. The highest BCUT2D eigenvalue weighted by atomic mass is 35.5. The second-order valence-corrected chi connectivity index (χ2v) is 4.82. The van der Waals surface area contributed by atoms with Crippen LogP contribution in [0.15, 0.2) is 18.2 Å². The van der Waals surface area contributed by atoms with E-state index in [9.17, 15) is 14.9 Å². The standard InChI is InChI=1S/C14H18ClNO4/c1-2-3-4-5-6-10-20-14(17)11-8-7-9-12(13(11)15)16(18)19/h7-9H,2-6,10H2,1H3. The summed E-state index contributed by atoms with van der Waals surface area (Å²) in [5.41, 5.74) is -0.251. The number of nitro groups is 1. The van der Waals surface area contributed by atoms with E-state index in [0.29, 0.717) is 6.61 Å². The Bertz CT molecular complexity index is 476. The Balaban J connectivity index is 2.52. The van der Waals surface area contributed by atoms with E-state index in [2.05, 4.69) is 6.92 Å². The summed E-state index contributed by atoms with van der Waals surface area (Å²) in [6, 6.07) is 4.10. The maximum Gasteiger partial charge on any atom is 0.339 e. The quantitative estimate of drug-likeness (QED) is 0.309. The second-order valence-electron chi connectivity index (χ2n) is 4.45. The van der Waals surface area contributed by atoms with Crippen LogP contribution in [0.1, 0.15) is 49.4 Å². The number of hydrogen-bond donors (Lipinski definition) is 0. The monoisotopic (exact) mass is 299 g/mol. The van der Waals surface area contributed by atoms with Crippen molar-refractivity contribution < 1.29 is 14.5 Å². The molecule has 0 aromatic heterocycles. The largest absolute Gasteiger partial charge is 0.462 e. The van der Waals surface area contributed by atoms with Crippen LogP contribution in [0.5, 0.6) is 0 Å². The average Bonchev–Trinajstić information content (AvgIpc) is 2.42. The molecule has 0 aliphatic heterocycles.